The molecule has 0 N–H and O–H groups in total. The van der Waals surface area contributed by atoms with Crippen molar-refractivity contribution in [3.05, 3.63) is 12.2 Å². The highest BCUT2D eigenvalue weighted by molar-refractivity contribution is 14.1. The molecule has 0 aliphatic heterocycles. The lowest BCUT2D eigenvalue weighted by atomic mass is 9.77. The number of rotatable bonds is 5. The summed E-state index contributed by atoms with van der Waals surface area (Å²) in [6, 6.07) is 0. The summed E-state index contributed by atoms with van der Waals surface area (Å²) in [7, 11) is 0. The largest absolute Gasteiger partial charge is 0.503 e. The molecule has 15 heavy (non-hydrogen) atoms. The van der Waals surface area contributed by atoms with Gasteiger partial charge in [-0.3, -0.25) is 0 Å². The van der Waals surface area contributed by atoms with Crippen LogP contribution < -0.4 is 0 Å². The maximum absolute atomic E-state index is 5.97. The van der Waals surface area contributed by atoms with Crippen LogP contribution in [0.3, 0.4) is 0 Å². The molecule has 0 aromatic rings. The molecular weight excluding hydrogens is 302 g/mol. The molecule has 0 rings (SSSR count). The predicted molar refractivity (Wildman–Crippen MR) is 75.2 cm³/mol. The molecular formula is C11H22BIO2. The molecule has 0 heterocycles. The summed E-state index contributed by atoms with van der Waals surface area (Å²) in [6.45, 7) is 13.4. The molecule has 0 aromatic heterocycles. The van der Waals surface area contributed by atoms with Crippen molar-refractivity contribution in [1.82, 2.24) is 0 Å². The third kappa shape index (κ3) is 5.80. The first-order chi connectivity index (χ1) is 6.70. The van der Waals surface area contributed by atoms with Gasteiger partial charge in [0.25, 0.3) is 0 Å². The Morgan fingerprint density at radius 1 is 1.20 bits per heavy atom. The summed E-state index contributed by atoms with van der Waals surface area (Å²) in [4.78, 5) is 0. The third-order valence-corrected chi connectivity index (χ3v) is 3.38. The molecule has 2 nitrogen and oxygen atoms in total. The summed E-state index contributed by atoms with van der Waals surface area (Å²) in [6.07, 6.45) is 1.70. The summed E-state index contributed by atoms with van der Waals surface area (Å²) in [5, 5.41) is 0. The molecule has 0 saturated carbocycles. The van der Waals surface area contributed by atoms with Crippen LogP contribution in [0.25, 0.3) is 0 Å². The van der Waals surface area contributed by atoms with Crippen LogP contribution in [0.2, 0.25) is 0 Å². The maximum atomic E-state index is 5.97. The van der Waals surface area contributed by atoms with E-state index in [1.54, 1.807) is 6.26 Å². The zero-order valence-electron chi connectivity index (χ0n) is 10.6. The molecule has 0 aliphatic carbocycles. The molecule has 0 spiro atoms. The van der Waals surface area contributed by atoms with Crippen molar-refractivity contribution < 1.29 is 9.39 Å². The monoisotopic (exact) mass is 324 g/mol. The van der Waals surface area contributed by atoms with Crippen molar-refractivity contribution in [2.24, 2.45) is 5.41 Å². The minimum atomic E-state index is -0.157. The molecule has 0 saturated heterocycles. The minimum Gasteiger partial charge on any atom is -0.503 e. The highest BCUT2D eigenvalue weighted by Gasteiger charge is 2.35. The van der Waals surface area contributed by atoms with Crippen molar-refractivity contribution in [3.8, 4) is 0 Å². The Morgan fingerprint density at radius 3 is 2.13 bits per heavy atom. The zero-order chi connectivity index (χ0) is 12.1. The lowest BCUT2D eigenvalue weighted by molar-refractivity contribution is 0.00387. The summed E-state index contributed by atoms with van der Waals surface area (Å²) in [5.74, 6) is 1.93. The van der Waals surface area contributed by atoms with Crippen LogP contribution in [0.15, 0.2) is 12.2 Å². The molecule has 0 atom stereocenters. The Balaban J connectivity index is 4.22. The van der Waals surface area contributed by atoms with Gasteiger partial charge in [0.2, 0.25) is 0 Å². The van der Waals surface area contributed by atoms with Crippen molar-refractivity contribution in [2.45, 2.75) is 47.1 Å². The van der Waals surface area contributed by atoms with Gasteiger partial charge in [-0.1, -0.05) is 20.8 Å². The standard InChI is InChI=1S/C11H22BIO2/c1-7-14-9-8-12(13)15-11(5,6)10(2,3)4/h8-9H,7H2,1-6H3/b9-8+. The fourth-order valence-corrected chi connectivity index (χ4v) is 1.52. The molecule has 88 valence electrons. The second-order valence-corrected chi connectivity index (χ2v) is 6.24. The molecule has 0 fully saturated rings. The van der Waals surface area contributed by atoms with Crippen LogP contribution in [-0.2, 0) is 9.39 Å². The van der Waals surface area contributed by atoms with E-state index in [4.69, 9.17) is 9.39 Å². The minimum absolute atomic E-state index is 0.0448. The lowest BCUT2D eigenvalue weighted by Gasteiger charge is -2.39. The quantitative estimate of drug-likeness (QED) is 0.435. The summed E-state index contributed by atoms with van der Waals surface area (Å²) in [5.41, 5.74) is -0.0364. The molecule has 0 bridgehead atoms. The fraction of sp³-hybridized carbons (Fsp3) is 0.818. The van der Waals surface area contributed by atoms with Gasteiger partial charge < -0.3 is 9.39 Å². The van der Waals surface area contributed by atoms with Crippen LogP contribution in [0.5, 0.6) is 0 Å². The van der Waals surface area contributed by atoms with E-state index < -0.39 is 0 Å². The van der Waals surface area contributed by atoms with E-state index in [-0.39, 0.29) is 15.8 Å². The van der Waals surface area contributed by atoms with Crippen LogP contribution >= 0.6 is 22.4 Å². The topological polar surface area (TPSA) is 18.5 Å². The van der Waals surface area contributed by atoms with Gasteiger partial charge >= 0.3 is 4.77 Å². The smallest absolute Gasteiger partial charge is 0.396 e. The van der Waals surface area contributed by atoms with Gasteiger partial charge in [-0.2, -0.15) is 0 Å². The third-order valence-electron chi connectivity index (χ3n) is 2.71. The first-order valence-electron chi connectivity index (χ1n) is 5.31. The Bertz CT molecular complexity index is 209. The second kappa shape index (κ2) is 6.13. The van der Waals surface area contributed by atoms with E-state index in [2.05, 4.69) is 57.0 Å². The second-order valence-electron chi connectivity index (χ2n) is 5.01. The van der Waals surface area contributed by atoms with Gasteiger partial charge in [0.05, 0.1) is 18.5 Å². The van der Waals surface area contributed by atoms with Crippen molar-refractivity contribution >= 4 is 27.1 Å². The molecule has 0 unspecified atom stereocenters. The van der Waals surface area contributed by atoms with Crippen molar-refractivity contribution in [3.63, 3.8) is 0 Å². The molecule has 0 radical (unpaired) electrons. The summed E-state index contributed by atoms with van der Waals surface area (Å²) >= 11 is 2.26. The Kier molecular flexibility index (Phi) is 6.26. The number of halogens is 1. The first-order valence-corrected chi connectivity index (χ1v) is 6.55. The number of hydrogen-bond donors (Lipinski definition) is 0. The highest BCUT2D eigenvalue weighted by Crippen LogP contribution is 2.34. The Hall–Kier alpha value is 0.295. The average molecular weight is 324 g/mol. The van der Waals surface area contributed by atoms with Crippen molar-refractivity contribution in [2.75, 3.05) is 6.61 Å². The molecule has 0 aliphatic rings. The van der Waals surface area contributed by atoms with E-state index in [1.165, 1.54) is 0 Å². The van der Waals surface area contributed by atoms with Crippen LogP contribution in [0.1, 0.15) is 41.5 Å². The molecule has 0 aromatic carbocycles. The van der Waals surface area contributed by atoms with E-state index in [9.17, 15) is 0 Å². The fourth-order valence-electron chi connectivity index (χ4n) is 0.711. The van der Waals surface area contributed by atoms with Gasteiger partial charge in [-0.05, 0) is 32.2 Å². The van der Waals surface area contributed by atoms with E-state index in [0.29, 0.717) is 6.61 Å². The van der Waals surface area contributed by atoms with Gasteiger partial charge in [-0.15, -0.1) is 22.4 Å². The van der Waals surface area contributed by atoms with Gasteiger partial charge in [0, 0.05) is 0 Å². The average Bonchev–Trinajstić information content (AvgIpc) is 2.01. The van der Waals surface area contributed by atoms with Crippen LogP contribution in [0.4, 0.5) is 0 Å². The zero-order valence-corrected chi connectivity index (χ0v) is 12.8. The van der Waals surface area contributed by atoms with Crippen LogP contribution in [-0.4, -0.2) is 17.0 Å². The maximum Gasteiger partial charge on any atom is 0.396 e. The van der Waals surface area contributed by atoms with E-state index >= 15 is 0 Å². The highest BCUT2D eigenvalue weighted by atomic mass is 127. The molecule has 4 heteroatoms. The SMILES string of the molecule is CCO/C=C/B(I)OC(C)(C)C(C)(C)C. The van der Waals surface area contributed by atoms with E-state index in [0.717, 1.165) is 0 Å². The lowest BCUT2D eigenvalue weighted by Crippen LogP contribution is -2.42. The molecule has 0 amide bonds. The normalized spacial score (nSPS) is 13.3. The van der Waals surface area contributed by atoms with Gasteiger partial charge in [0.15, 0.2) is 0 Å². The van der Waals surface area contributed by atoms with E-state index in [1.807, 2.05) is 12.9 Å². The Morgan fingerprint density at radius 2 is 1.73 bits per heavy atom. The Labute approximate surface area is 108 Å². The van der Waals surface area contributed by atoms with Gasteiger partial charge in [0.1, 0.15) is 0 Å². The predicted octanol–water partition coefficient (Wildman–Crippen LogP) is 3.84. The van der Waals surface area contributed by atoms with Gasteiger partial charge in [-0.25, -0.2) is 0 Å². The number of hydrogen-bond acceptors (Lipinski definition) is 2. The summed E-state index contributed by atoms with van der Waals surface area (Å²) < 4.78 is 11.2. The van der Waals surface area contributed by atoms with Crippen molar-refractivity contribution in [1.29, 1.82) is 0 Å². The van der Waals surface area contributed by atoms with Crippen LogP contribution in [0, 0.1) is 5.41 Å². The number of ether oxygens (including phenoxy) is 1. The first kappa shape index (κ1) is 15.3.